The second-order valence-electron chi connectivity index (χ2n) is 12.8. The molecule has 0 bridgehead atoms. The number of ether oxygens (including phenoxy) is 2. The van der Waals surface area contributed by atoms with Gasteiger partial charge in [0.05, 0.1) is 12.0 Å². The van der Waals surface area contributed by atoms with Crippen molar-refractivity contribution in [2.24, 2.45) is 11.8 Å². The van der Waals surface area contributed by atoms with Gasteiger partial charge in [-0.15, -0.1) is 0 Å². The Morgan fingerprint density at radius 2 is 1.67 bits per heavy atom. The Balaban J connectivity index is 2.10. The van der Waals surface area contributed by atoms with Gasteiger partial charge in [0.1, 0.15) is 5.60 Å². The molecule has 1 heterocycles. The molecule has 0 saturated carbocycles. The zero-order valence-electron chi connectivity index (χ0n) is 27.8. The lowest BCUT2D eigenvalue weighted by Gasteiger charge is -2.34. The number of hydrogen-bond donors (Lipinski definition) is 1. The molecule has 0 radical (unpaired) electrons. The fourth-order valence-electron chi connectivity index (χ4n) is 6.22. The van der Waals surface area contributed by atoms with E-state index in [9.17, 15) is 24.0 Å². The second kappa shape index (κ2) is 16.5. The molecule has 3 atom stereocenters. The van der Waals surface area contributed by atoms with Gasteiger partial charge in [-0.25, -0.2) is 9.69 Å². The van der Waals surface area contributed by atoms with Gasteiger partial charge >= 0.3 is 12.1 Å². The van der Waals surface area contributed by atoms with Gasteiger partial charge in [-0.3, -0.25) is 19.2 Å². The number of esters is 1. The smallest absolute Gasteiger partial charge is 0.417 e. The standard InChI is InChI=1S/C37H47NO8/c1-24(2)34-37(5,6)46-36(44)38(34)35(43)30(22-27-16-10-9-11-17-27)33(45-26(4)40)32(42)23-29(28-18-14-15-25(3)21-28)31(41)19-12-7-8-13-20-39/h9-11,14-18,21,23-24,30,33-34,39H,7-8,12-13,19-20,22H2,1-6H3/t30-,33-,34-/m0/s1. The largest absolute Gasteiger partial charge is 0.453 e. The number of aliphatic hydroxyl groups excluding tert-OH is 1. The molecule has 0 aromatic heterocycles. The van der Waals surface area contributed by atoms with E-state index in [2.05, 4.69) is 0 Å². The summed E-state index contributed by atoms with van der Waals surface area (Å²) >= 11 is 0. The Bertz CT molecular complexity index is 1430. The van der Waals surface area contributed by atoms with Crippen molar-refractivity contribution in [3.8, 4) is 0 Å². The maximum atomic E-state index is 14.4. The molecule has 2 aromatic rings. The Hall–Kier alpha value is -4.11. The highest BCUT2D eigenvalue weighted by atomic mass is 16.6. The van der Waals surface area contributed by atoms with E-state index in [1.54, 1.807) is 56.3 Å². The van der Waals surface area contributed by atoms with Crippen molar-refractivity contribution in [2.45, 2.75) is 97.8 Å². The summed E-state index contributed by atoms with van der Waals surface area (Å²) in [5.41, 5.74) is 1.28. The van der Waals surface area contributed by atoms with Crippen LogP contribution in [0.3, 0.4) is 0 Å². The fourth-order valence-corrected chi connectivity index (χ4v) is 6.22. The molecule has 0 unspecified atom stereocenters. The Morgan fingerprint density at radius 3 is 2.28 bits per heavy atom. The highest BCUT2D eigenvalue weighted by Crippen LogP contribution is 2.36. The monoisotopic (exact) mass is 633 g/mol. The van der Waals surface area contributed by atoms with Gasteiger partial charge in [0.25, 0.3) is 0 Å². The summed E-state index contributed by atoms with van der Waals surface area (Å²) in [5, 5.41) is 9.08. The molecule has 2 aromatic carbocycles. The van der Waals surface area contributed by atoms with Gasteiger partial charge in [0, 0.05) is 25.5 Å². The molecule has 1 saturated heterocycles. The van der Waals surface area contributed by atoms with Crippen LogP contribution in [0.2, 0.25) is 0 Å². The number of cyclic esters (lactones) is 1. The number of carbonyl (C=O) groups is 5. The van der Waals surface area contributed by atoms with Crippen LogP contribution in [0.5, 0.6) is 0 Å². The van der Waals surface area contributed by atoms with E-state index in [-0.39, 0.29) is 36.7 Å². The summed E-state index contributed by atoms with van der Waals surface area (Å²) in [4.78, 5) is 69.0. The van der Waals surface area contributed by atoms with Crippen LogP contribution in [-0.2, 0) is 35.1 Å². The Labute approximate surface area is 272 Å². The van der Waals surface area contributed by atoms with Crippen molar-refractivity contribution in [2.75, 3.05) is 6.61 Å². The number of Topliss-reactive ketones (excluding diaryl/α,β-unsaturated/α-hetero) is 1. The van der Waals surface area contributed by atoms with Crippen LogP contribution in [0.4, 0.5) is 4.79 Å². The first kappa shape index (κ1) is 36.4. The minimum atomic E-state index is -1.62. The topological polar surface area (TPSA) is 127 Å². The number of amides is 2. The van der Waals surface area contributed by atoms with Crippen LogP contribution in [0, 0.1) is 18.8 Å². The van der Waals surface area contributed by atoms with E-state index < -0.39 is 47.4 Å². The number of hydrogen-bond acceptors (Lipinski definition) is 8. The van der Waals surface area contributed by atoms with Gasteiger partial charge in [-0.05, 0) is 63.2 Å². The summed E-state index contributed by atoms with van der Waals surface area (Å²) in [5.74, 6) is -3.94. The van der Waals surface area contributed by atoms with Crippen molar-refractivity contribution in [1.29, 1.82) is 0 Å². The number of nitrogens with zero attached hydrogens (tertiary/aromatic N) is 1. The molecule has 46 heavy (non-hydrogen) atoms. The normalized spacial score (nSPS) is 17.4. The lowest BCUT2D eigenvalue weighted by atomic mass is 9.85. The highest BCUT2D eigenvalue weighted by Gasteiger charge is 2.54. The lowest BCUT2D eigenvalue weighted by Crippen LogP contribution is -2.53. The molecule has 1 aliphatic rings. The van der Waals surface area contributed by atoms with E-state index >= 15 is 0 Å². The molecule has 1 aliphatic heterocycles. The SMILES string of the molecule is CC(=O)O[C@H](C(=O)C=C(C(=O)CCCCCCO)c1cccc(C)c1)[C@H](Cc1ccccc1)C(=O)N1C(=O)OC(C)(C)[C@@H]1C(C)C. The van der Waals surface area contributed by atoms with Gasteiger partial charge in [-0.2, -0.15) is 0 Å². The first-order chi connectivity index (χ1) is 21.8. The van der Waals surface area contributed by atoms with E-state index in [0.717, 1.165) is 30.2 Å². The molecular weight excluding hydrogens is 586 g/mol. The van der Waals surface area contributed by atoms with Crippen LogP contribution >= 0.6 is 0 Å². The number of imide groups is 1. The number of aryl methyl sites for hydroxylation is 1. The molecule has 9 nitrogen and oxygen atoms in total. The number of unbranched alkanes of at least 4 members (excludes halogenated alkanes) is 3. The van der Waals surface area contributed by atoms with Crippen LogP contribution in [0.25, 0.3) is 5.57 Å². The maximum Gasteiger partial charge on any atom is 0.417 e. The Kier molecular flexibility index (Phi) is 13.0. The van der Waals surface area contributed by atoms with E-state index in [1.165, 1.54) is 6.08 Å². The molecule has 1 N–H and O–H groups in total. The molecule has 1 fully saturated rings. The van der Waals surface area contributed by atoms with Crippen LogP contribution in [0.15, 0.2) is 60.7 Å². The van der Waals surface area contributed by atoms with E-state index in [1.807, 2.05) is 32.9 Å². The lowest BCUT2D eigenvalue weighted by molar-refractivity contribution is -0.159. The summed E-state index contributed by atoms with van der Waals surface area (Å²) in [6.07, 6.45) is 1.63. The average molecular weight is 634 g/mol. The van der Waals surface area contributed by atoms with Gasteiger partial charge < -0.3 is 14.6 Å². The number of ketones is 2. The molecule has 9 heteroatoms. The van der Waals surface area contributed by atoms with Crippen molar-refractivity contribution in [3.63, 3.8) is 0 Å². The first-order valence-corrected chi connectivity index (χ1v) is 16.0. The molecule has 0 aliphatic carbocycles. The molecule has 248 valence electrons. The number of carbonyl (C=O) groups excluding carboxylic acids is 5. The minimum absolute atomic E-state index is 0.00912. The van der Waals surface area contributed by atoms with Crippen LogP contribution < -0.4 is 0 Å². The van der Waals surface area contributed by atoms with E-state index in [0.29, 0.717) is 24.0 Å². The third kappa shape index (κ3) is 9.45. The average Bonchev–Trinajstić information content (AvgIpc) is 3.25. The van der Waals surface area contributed by atoms with Crippen molar-refractivity contribution in [3.05, 3.63) is 77.4 Å². The first-order valence-electron chi connectivity index (χ1n) is 16.0. The van der Waals surface area contributed by atoms with E-state index in [4.69, 9.17) is 14.6 Å². The van der Waals surface area contributed by atoms with Gasteiger partial charge in [0.15, 0.2) is 17.7 Å². The highest BCUT2D eigenvalue weighted by molar-refractivity contribution is 6.25. The summed E-state index contributed by atoms with van der Waals surface area (Å²) < 4.78 is 11.2. The number of aliphatic hydroxyl groups is 1. The quantitative estimate of drug-likeness (QED) is 0.135. The minimum Gasteiger partial charge on any atom is -0.453 e. The van der Waals surface area contributed by atoms with Crippen molar-refractivity contribution in [1.82, 2.24) is 4.90 Å². The third-order valence-electron chi connectivity index (χ3n) is 8.19. The number of benzene rings is 2. The maximum absolute atomic E-state index is 14.4. The summed E-state index contributed by atoms with van der Waals surface area (Å²) in [6, 6.07) is 15.5. The summed E-state index contributed by atoms with van der Waals surface area (Å²) in [6.45, 7) is 10.3. The third-order valence-corrected chi connectivity index (χ3v) is 8.19. The Morgan fingerprint density at radius 1 is 1.00 bits per heavy atom. The number of allylic oxidation sites excluding steroid dienone is 1. The van der Waals surface area contributed by atoms with Crippen LogP contribution in [-0.4, -0.2) is 63.9 Å². The van der Waals surface area contributed by atoms with Gasteiger partial charge in [0.2, 0.25) is 5.91 Å². The van der Waals surface area contributed by atoms with Gasteiger partial charge in [-0.1, -0.05) is 86.8 Å². The molecule has 0 spiro atoms. The number of rotatable bonds is 16. The molecule has 2 amide bonds. The molecular formula is C37H47NO8. The van der Waals surface area contributed by atoms with Crippen molar-refractivity contribution < 1.29 is 38.6 Å². The summed E-state index contributed by atoms with van der Waals surface area (Å²) in [7, 11) is 0. The second-order valence-corrected chi connectivity index (χ2v) is 12.8. The molecule has 3 rings (SSSR count). The fraction of sp³-hybridized carbons (Fsp3) is 0.486. The predicted molar refractivity (Wildman–Crippen MR) is 175 cm³/mol. The van der Waals surface area contributed by atoms with Crippen molar-refractivity contribution >= 4 is 35.1 Å². The van der Waals surface area contributed by atoms with Crippen LogP contribution in [0.1, 0.15) is 83.4 Å². The predicted octanol–water partition coefficient (Wildman–Crippen LogP) is 6.03. The zero-order valence-corrected chi connectivity index (χ0v) is 27.8. The zero-order chi connectivity index (χ0) is 34.0.